The first-order valence-electron chi connectivity index (χ1n) is 7.33. The number of oxazole rings is 1. The second-order valence-electron chi connectivity index (χ2n) is 5.44. The number of hydrogen-bond acceptors (Lipinski definition) is 5. The molecule has 0 unspecified atom stereocenters. The summed E-state index contributed by atoms with van der Waals surface area (Å²) in [7, 11) is -3.89. The van der Waals surface area contributed by atoms with Crippen LogP contribution < -0.4 is 0 Å². The predicted molar refractivity (Wildman–Crippen MR) is 90.5 cm³/mol. The molecule has 2 heterocycles. The lowest BCUT2D eigenvalue weighted by molar-refractivity contribution is 0.0857. The fourth-order valence-corrected chi connectivity index (χ4v) is 4.29. The van der Waals surface area contributed by atoms with Crippen LogP contribution in [0.3, 0.4) is 0 Å². The second-order valence-corrected chi connectivity index (χ2v) is 7.71. The lowest BCUT2D eigenvalue weighted by Gasteiger charge is -2.12. The Bertz CT molecular complexity index is 1070. The highest BCUT2D eigenvalue weighted by molar-refractivity contribution is 7.90. The molecule has 0 spiro atoms. The van der Waals surface area contributed by atoms with Crippen LogP contribution in [0.5, 0.6) is 0 Å². The van der Waals surface area contributed by atoms with Gasteiger partial charge in [-0.2, -0.15) is 0 Å². The van der Waals surface area contributed by atoms with Crippen molar-refractivity contribution in [2.75, 3.05) is 0 Å². The van der Waals surface area contributed by atoms with Gasteiger partial charge in [-0.15, -0.1) is 0 Å². The number of carbonyl (C=O) groups excluding carboxylic acids is 1. The minimum atomic E-state index is -3.89. The normalized spacial score (nSPS) is 15.4. The van der Waals surface area contributed by atoms with Crippen molar-refractivity contribution in [1.29, 1.82) is 0 Å². The summed E-state index contributed by atoms with van der Waals surface area (Å²) in [6.45, 7) is -0.260. The summed E-state index contributed by atoms with van der Waals surface area (Å²) >= 11 is 5.85. The van der Waals surface area contributed by atoms with Crippen molar-refractivity contribution in [3.63, 3.8) is 0 Å². The largest absolute Gasteiger partial charge is 0.439 e. The van der Waals surface area contributed by atoms with E-state index in [0.717, 1.165) is 9.87 Å². The molecule has 25 heavy (non-hydrogen) atoms. The Morgan fingerprint density at radius 3 is 2.52 bits per heavy atom. The molecule has 1 amide bonds. The average Bonchev–Trinajstić information content (AvgIpc) is 3.14. The van der Waals surface area contributed by atoms with Gasteiger partial charge < -0.3 is 4.42 Å². The molecule has 0 fully saturated rings. The van der Waals surface area contributed by atoms with Crippen molar-refractivity contribution in [3.05, 3.63) is 71.2 Å². The topological polar surface area (TPSA) is 80.5 Å². The van der Waals surface area contributed by atoms with Crippen molar-refractivity contribution in [2.24, 2.45) is 0 Å². The third-order valence-corrected chi connectivity index (χ3v) is 5.91. The first kappa shape index (κ1) is 15.9. The third kappa shape index (κ3) is 2.61. The zero-order valence-electron chi connectivity index (χ0n) is 12.7. The quantitative estimate of drug-likeness (QED) is 0.702. The van der Waals surface area contributed by atoms with Crippen molar-refractivity contribution in [1.82, 2.24) is 9.29 Å². The van der Waals surface area contributed by atoms with Gasteiger partial charge in [-0.25, -0.2) is 17.7 Å². The number of fused-ring (bicyclic) bond motifs is 1. The Labute approximate surface area is 148 Å². The molecular weight excluding hydrogens is 364 g/mol. The number of rotatable bonds is 3. The molecule has 6 nitrogen and oxygen atoms in total. The number of carbonyl (C=O) groups is 1. The summed E-state index contributed by atoms with van der Waals surface area (Å²) in [6.07, 6.45) is 1.49. The van der Waals surface area contributed by atoms with Gasteiger partial charge in [0.05, 0.1) is 11.8 Å². The summed E-state index contributed by atoms with van der Waals surface area (Å²) < 4.78 is 31.4. The van der Waals surface area contributed by atoms with Crippen LogP contribution in [0.25, 0.3) is 11.3 Å². The van der Waals surface area contributed by atoms with E-state index in [0.29, 0.717) is 10.8 Å². The minimum absolute atomic E-state index is 0.00415. The molecule has 4 rings (SSSR count). The molecule has 8 heteroatoms. The molecular formula is C17H11ClN2O4S. The molecule has 3 aromatic rings. The summed E-state index contributed by atoms with van der Waals surface area (Å²) in [6, 6.07) is 13.1. The number of nitrogens with zero attached hydrogens (tertiary/aromatic N) is 2. The van der Waals surface area contributed by atoms with Gasteiger partial charge in [0.15, 0.2) is 5.76 Å². The summed E-state index contributed by atoms with van der Waals surface area (Å²) in [5, 5.41) is 0.593. The SMILES string of the molecule is O=C1c2ccccc2S(=O)(=O)N1Cc1ncc(-c2ccc(Cl)cc2)o1. The maximum atomic E-state index is 12.5. The van der Waals surface area contributed by atoms with Crippen molar-refractivity contribution in [3.8, 4) is 11.3 Å². The summed E-state index contributed by atoms with van der Waals surface area (Å²) in [5.41, 5.74) is 0.911. The highest BCUT2D eigenvalue weighted by Crippen LogP contribution is 2.31. The number of sulfonamides is 1. The lowest BCUT2D eigenvalue weighted by Crippen LogP contribution is -2.29. The number of benzene rings is 2. The van der Waals surface area contributed by atoms with Crippen LogP contribution >= 0.6 is 11.6 Å². The van der Waals surface area contributed by atoms with Crippen LogP contribution in [-0.4, -0.2) is 23.6 Å². The standard InChI is InChI=1S/C17H11ClN2O4S/c18-12-7-5-11(6-8-12)14-9-19-16(24-14)10-20-17(21)13-3-1-2-4-15(13)25(20,22)23/h1-9H,10H2. The first-order chi connectivity index (χ1) is 12.0. The Morgan fingerprint density at radius 2 is 1.80 bits per heavy atom. The predicted octanol–water partition coefficient (Wildman–Crippen LogP) is 3.34. The van der Waals surface area contributed by atoms with Crippen LogP contribution in [0.2, 0.25) is 5.02 Å². The van der Waals surface area contributed by atoms with Crippen LogP contribution in [0.4, 0.5) is 0 Å². The van der Waals surface area contributed by atoms with Crippen molar-refractivity contribution < 1.29 is 17.6 Å². The van der Waals surface area contributed by atoms with E-state index in [4.69, 9.17) is 16.0 Å². The monoisotopic (exact) mass is 374 g/mol. The molecule has 0 bridgehead atoms. The molecule has 0 saturated heterocycles. The van der Waals surface area contributed by atoms with E-state index >= 15 is 0 Å². The van der Waals surface area contributed by atoms with Gasteiger partial charge in [0.2, 0.25) is 5.89 Å². The van der Waals surface area contributed by atoms with E-state index in [2.05, 4.69) is 4.98 Å². The third-order valence-electron chi connectivity index (χ3n) is 3.87. The lowest BCUT2D eigenvalue weighted by atomic mass is 10.2. The zero-order valence-corrected chi connectivity index (χ0v) is 14.3. The molecule has 0 saturated carbocycles. The molecule has 126 valence electrons. The fraction of sp³-hybridized carbons (Fsp3) is 0.0588. The highest BCUT2D eigenvalue weighted by atomic mass is 35.5. The van der Waals surface area contributed by atoms with E-state index < -0.39 is 15.9 Å². The molecule has 0 radical (unpaired) electrons. The smallest absolute Gasteiger partial charge is 0.269 e. The molecule has 0 atom stereocenters. The van der Waals surface area contributed by atoms with Gasteiger partial charge >= 0.3 is 0 Å². The molecule has 0 aliphatic carbocycles. The fourth-order valence-electron chi connectivity index (χ4n) is 2.64. The van der Waals surface area contributed by atoms with Gasteiger partial charge in [-0.05, 0) is 36.4 Å². The Balaban J connectivity index is 1.64. The van der Waals surface area contributed by atoms with E-state index in [1.54, 1.807) is 36.4 Å². The van der Waals surface area contributed by atoms with E-state index in [-0.39, 0.29) is 22.9 Å². The van der Waals surface area contributed by atoms with Gasteiger partial charge in [-0.3, -0.25) is 4.79 Å². The van der Waals surface area contributed by atoms with E-state index in [9.17, 15) is 13.2 Å². The zero-order chi connectivity index (χ0) is 17.6. The van der Waals surface area contributed by atoms with Crippen LogP contribution in [-0.2, 0) is 16.6 Å². The Morgan fingerprint density at radius 1 is 1.08 bits per heavy atom. The number of aromatic nitrogens is 1. The molecule has 1 aromatic heterocycles. The number of halogens is 1. The summed E-state index contributed by atoms with van der Waals surface area (Å²) in [4.78, 5) is 16.5. The molecule has 2 aromatic carbocycles. The van der Waals surface area contributed by atoms with Gasteiger partial charge in [0.25, 0.3) is 15.9 Å². The van der Waals surface area contributed by atoms with Crippen LogP contribution in [0, 0.1) is 0 Å². The van der Waals surface area contributed by atoms with Gasteiger partial charge in [0.1, 0.15) is 11.4 Å². The average molecular weight is 375 g/mol. The van der Waals surface area contributed by atoms with Crippen LogP contribution in [0.1, 0.15) is 16.2 Å². The summed E-state index contributed by atoms with van der Waals surface area (Å²) in [5.74, 6) is 0.0183. The van der Waals surface area contributed by atoms with Gasteiger partial charge in [0, 0.05) is 10.6 Å². The van der Waals surface area contributed by atoms with Crippen molar-refractivity contribution in [2.45, 2.75) is 11.4 Å². The molecule has 1 aliphatic heterocycles. The minimum Gasteiger partial charge on any atom is -0.439 e. The Hall–Kier alpha value is -2.64. The van der Waals surface area contributed by atoms with Crippen LogP contribution in [0.15, 0.2) is 64.0 Å². The van der Waals surface area contributed by atoms with Crippen molar-refractivity contribution >= 4 is 27.5 Å². The second kappa shape index (κ2) is 5.72. The van der Waals surface area contributed by atoms with E-state index in [1.807, 2.05) is 0 Å². The Kier molecular flexibility index (Phi) is 3.63. The molecule has 0 N–H and O–H groups in total. The number of hydrogen-bond donors (Lipinski definition) is 0. The van der Waals surface area contributed by atoms with Gasteiger partial charge in [-0.1, -0.05) is 23.7 Å². The van der Waals surface area contributed by atoms with E-state index in [1.165, 1.54) is 18.3 Å². The maximum absolute atomic E-state index is 12.5. The maximum Gasteiger partial charge on any atom is 0.269 e. The molecule has 1 aliphatic rings. The highest BCUT2D eigenvalue weighted by Gasteiger charge is 2.41. The number of amides is 1. The first-order valence-corrected chi connectivity index (χ1v) is 9.15.